The summed E-state index contributed by atoms with van der Waals surface area (Å²) < 4.78 is 1.89. The smallest absolute Gasteiger partial charge is 0.352 e. The van der Waals surface area contributed by atoms with E-state index in [9.17, 15) is 4.79 Å². The molecule has 2 N–H and O–H groups in total. The van der Waals surface area contributed by atoms with Crippen molar-refractivity contribution in [1.29, 1.82) is 0 Å². The minimum Gasteiger partial charge on any atom is -0.477 e. The number of H-pyrrole nitrogens is 1. The first-order valence-electron chi connectivity index (χ1n) is 5.50. The van der Waals surface area contributed by atoms with Crippen LogP contribution in [-0.4, -0.2) is 30.6 Å². The minimum atomic E-state index is -0.981. The Morgan fingerprint density at radius 3 is 3.00 bits per heavy atom. The van der Waals surface area contributed by atoms with Gasteiger partial charge in [0.2, 0.25) is 0 Å². The molecule has 6 nitrogen and oxygen atoms in total. The number of nitrogens with one attached hydrogen (secondary N) is 1. The number of carbonyl (C=O) groups is 1. The molecule has 0 atom stereocenters. The molecule has 0 aromatic carbocycles. The third-order valence-corrected chi connectivity index (χ3v) is 3.56. The van der Waals surface area contributed by atoms with Crippen LogP contribution in [-0.2, 0) is 7.05 Å². The van der Waals surface area contributed by atoms with Crippen LogP contribution < -0.4 is 0 Å². The second-order valence-electron chi connectivity index (χ2n) is 4.01. The van der Waals surface area contributed by atoms with Crippen molar-refractivity contribution in [3.05, 3.63) is 35.7 Å². The molecule has 0 bridgehead atoms. The van der Waals surface area contributed by atoms with Crippen molar-refractivity contribution in [1.82, 2.24) is 19.5 Å². The fraction of sp³-hybridized carbons (Fsp3) is 0.0833. The Morgan fingerprint density at radius 2 is 2.37 bits per heavy atom. The first kappa shape index (κ1) is 11.7. The van der Waals surface area contributed by atoms with Crippen LogP contribution in [0.4, 0.5) is 0 Å². The molecule has 96 valence electrons. The van der Waals surface area contributed by atoms with Crippen molar-refractivity contribution in [2.24, 2.45) is 7.05 Å². The summed E-state index contributed by atoms with van der Waals surface area (Å²) in [7, 11) is 1.90. The Kier molecular flexibility index (Phi) is 2.68. The Balaban J connectivity index is 1.97. The normalized spacial score (nSPS) is 10.8. The quantitative estimate of drug-likeness (QED) is 0.767. The van der Waals surface area contributed by atoms with Crippen LogP contribution in [0.1, 0.15) is 10.5 Å². The van der Waals surface area contributed by atoms with Crippen molar-refractivity contribution in [3.63, 3.8) is 0 Å². The van der Waals surface area contributed by atoms with Gasteiger partial charge in [-0.25, -0.2) is 14.8 Å². The molecule has 0 saturated carbocycles. The molecule has 0 amide bonds. The lowest BCUT2D eigenvalue weighted by atomic mass is 10.2. The van der Waals surface area contributed by atoms with Gasteiger partial charge in [-0.05, 0) is 6.07 Å². The van der Waals surface area contributed by atoms with Gasteiger partial charge >= 0.3 is 5.97 Å². The van der Waals surface area contributed by atoms with Crippen molar-refractivity contribution < 1.29 is 9.90 Å². The number of thiazole rings is 1. The van der Waals surface area contributed by atoms with E-state index in [0.717, 1.165) is 22.1 Å². The van der Waals surface area contributed by atoms with Crippen molar-refractivity contribution in [2.45, 2.75) is 0 Å². The van der Waals surface area contributed by atoms with Crippen LogP contribution in [0.5, 0.6) is 0 Å². The molecule has 3 aromatic rings. The van der Waals surface area contributed by atoms with Crippen LogP contribution in [0.25, 0.3) is 22.1 Å². The second kappa shape index (κ2) is 4.36. The predicted molar refractivity (Wildman–Crippen MR) is 71.1 cm³/mol. The number of aryl methyl sites for hydroxylation is 1. The summed E-state index contributed by atoms with van der Waals surface area (Å²) in [6.45, 7) is 0. The zero-order valence-electron chi connectivity index (χ0n) is 9.99. The first-order valence-corrected chi connectivity index (χ1v) is 6.38. The lowest BCUT2D eigenvalue weighted by Crippen LogP contribution is -1.94. The lowest BCUT2D eigenvalue weighted by molar-refractivity contribution is 0.0691. The number of rotatable bonds is 3. The standard InChI is InChI=1S/C12H10N4O2S/c1-16-3-2-13-10(16)11-15-9(6-19-11)7-4-8(12(17)18)14-5-7/h2-6,14H,1H3,(H,17,18). The molecular weight excluding hydrogens is 264 g/mol. The summed E-state index contributed by atoms with van der Waals surface area (Å²) in [6.07, 6.45) is 5.21. The van der Waals surface area contributed by atoms with Gasteiger partial charge in [-0.2, -0.15) is 0 Å². The maximum absolute atomic E-state index is 10.8. The van der Waals surface area contributed by atoms with Crippen molar-refractivity contribution in [2.75, 3.05) is 0 Å². The SMILES string of the molecule is Cn1ccnc1-c1nc(-c2c[nH]c(C(=O)O)c2)cs1. The Labute approximate surface area is 112 Å². The van der Waals surface area contributed by atoms with E-state index in [1.165, 1.54) is 11.3 Å². The molecule has 0 saturated heterocycles. The van der Waals surface area contributed by atoms with Crippen LogP contribution >= 0.6 is 11.3 Å². The third-order valence-electron chi connectivity index (χ3n) is 2.73. The highest BCUT2D eigenvalue weighted by molar-refractivity contribution is 7.13. The maximum atomic E-state index is 10.8. The molecule has 0 unspecified atom stereocenters. The van der Waals surface area contributed by atoms with Crippen LogP contribution in [0.2, 0.25) is 0 Å². The largest absolute Gasteiger partial charge is 0.477 e. The molecule has 3 heterocycles. The van der Waals surface area contributed by atoms with E-state index in [-0.39, 0.29) is 5.69 Å². The number of aromatic nitrogens is 4. The van der Waals surface area contributed by atoms with Gasteiger partial charge in [0.15, 0.2) is 10.8 Å². The van der Waals surface area contributed by atoms with Gasteiger partial charge in [0.25, 0.3) is 0 Å². The van der Waals surface area contributed by atoms with E-state index in [1.54, 1.807) is 18.5 Å². The monoisotopic (exact) mass is 274 g/mol. The average Bonchev–Trinajstić information content (AvgIpc) is 3.07. The number of hydrogen-bond acceptors (Lipinski definition) is 4. The molecule has 3 aromatic heterocycles. The number of carboxylic acids is 1. The van der Waals surface area contributed by atoms with E-state index in [0.29, 0.717) is 0 Å². The molecule has 0 fully saturated rings. The van der Waals surface area contributed by atoms with Gasteiger partial charge in [-0.1, -0.05) is 0 Å². The number of imidazole rings is 1. The number of carboxylic acid groups (broad SMARTS) is 1. The van der Waals surface area contributed by atoms with Gasteiger partial charge in [-0.3, -0.25) is 0 Å². The summed E-state index contributed by atoms with van der Waals surface area (Å²) >= 11 is 1.48. The van der Waals surface area contributed by atoms with Gasteiger partial charge in [0.05, 0.1) is 5.69 Å². The number of aromatic carboxylic acids is 1. The molecule has 19 heavy (non-hydrogen) atoms. The zero-order valence-corrected chi connectivity index (χ0v) is 10.8. The van der Waals surface area contributed by atoms with Gasteiger partial charge in [0.1, 0.15) is 5.69 Å². The van der Waals surface area contributed by atoms with Crippen LogP contribution in [0, 0.1) is 0 Å². The van der Waals surface area contributed by atoms with Gasteiger partial charge < -0.3 is 14.7 Å². The maximum Gasteiger partial charge on any atom is 0.352 e. The lowest BCUT2D eigenvalue weighted by Gasteiger charge is -1.95. The topological polar surface area (TPSA) is 83.8 Å². The van der Waals surface area contributed by atoms with Crippen molar-refractivity contribution in [3.8, 4) is 22.1 Å². The van der Waals surface area contributed by atoms with Crippen LogP contribution in [0.15, 0.2) is 30.0 Å². The molecule has 0 radical (unpaired) electrons. The molecule has 7 heteroatoms. The highest BCUT2D eigenvalue weighted by Crippen LogP contribution is 2.27. The van der Waals surface area contributed by atoms with E-state index < -0.39 is 5.97 Å². The summed E-state index contributed by atoms with van der Waals surface area (Å²) in [5, 5.41) is 11.6. The van der Waals surface area contributed by atoms with Crippen LogP contribution in [0.3, 0.4) is 0 Å². The molecular formula is C12H10N4O2S. The first-order chi connectivity index (χ1) is 9.15. The molecule has 0 spiro atoms. The summed E-state index contributed by atoms with van der Waals surface area (Å²) in [4.78, 5) is 22.2. The summed E-state index contributed by atoms with van der Waals surface area (Å²) in [5.41, 5.74) is 1.66. The predicted octanol–water partition coefficient (Wildman–Crippen LogP) is 2.24. The molecule has 0 aliphatic carbocycles. The highest BCUT2D eigenvalue weighted by atomic mass is 32.1. The van der Waals surface area contributed by atoms with E-state index in [4.69, 9.17) is 5.11 Å². The van der Waals surface area contributed by atoms with E-state index in [1.807, 2.05) is 23.2 Å². The van der Waals surface area contributed by atoms with Gasteiger partial charge in [0, 0.05) is 36.6 Å². The zero-order chi connectivity index (χ0) is 13.4. The van der Waals surface area contributed by atoms with E-state index >= 15 is 0 Å². The van der Waals surface area contributed by atoms with Gasteiger partial charge in [-0.15, -0.1) is 11.3 Å². The molecule has 0 aliphatic heterocycles. The molecule has 0 aliphatic rings. The minimum absolute atomic E-state index is 0.154. The Hall–Kier alpha value is -2.41. The number of nitrogens with zero attached hydrogens (tertiary/aromatic N) is 3. The fourth-order valence-corrected chi connectivity index (χ4v) is 2.61. The summed E-state index contributed by atoms with van der Waals surface area (Å²) in [5.74, 6) is -0.184. The van der Waals surface area contributed by atoms with E-state index in [2.05, 4.69) is 15.0 Å². The second-order valence-corrected chi connectivity index (χ2v) is 4.86. The highest BCUT2D eigenvalue weighted by Gasteiger charge is 2.13. The fourth-order valence-electron chi connectivity index (χ4n) is 1.75. The third kappa shape index (κ3) is 2.04. The summed E-state index contributed by atoms with van der Waals surface area (Å²) in [6, 6.07) is 1.57. The number of aromatic amines is 1. The Morgan fingerprint density at radius 1 is 1.53 bits per heavy atom. The average molecular weight is 274 g/mol. The number of hydrogen-bond donors (Lipinski definition) is 2. The molecule has 3 rings (SSSR count). The van der Waals surface area contributed by atoms with Crippen molar-refractivity contribution >= 4 is 17.3 Å². The Bertz CT molecular complexity index is 740.